The summed E-state index contributed by atoms with van der Waals surface area (Å²) in [5.41, 5.74) is 0.397. The van der Waals surface area contributed by atoms with Crippen molar-refractivity contribution in [3.05, 3.63) is 29.3 Å². The zero-order valence-corrected chi connectivity index (χ0v) is 12.1. The molecule has 2 atom stereocenters. The fraction of sp³-hybridized carbons (Fsp3) is 0.562. The fourth-order valence-corrected chi connectivity index (χ4v) is 3.11. The SMILES string of the molecule is Cc1cccc(C(=O)NC2(CO)CCCC(C)C2)c1O. The smallest absolute Gasteiger partial charge is 0.255 e. The van der Waals surface area contributed by atoms with E-state index in [4.69, 9.17) is 0 Å². The second-order valence-electron chi connectivity index (χ2n) is 6.07. The predicted molar refractivity (Wildman–Crippen MR) is 77.8 cm³/mol. The molecule has 1 saturated carbocycles. The van der Waals surface area contributed by atoms with Crippen molar-refractivity contribution in [1.29, 1.82) is 0 Å². The topological polar surface area (TPSA) is 69.6 Å². The van der Waals surface area contributed by atoms with Crippen molar-refractivity contribution in [3.63, 3.8) is 0 Å². The van der Waals surface area contributed by atoms with Gasteiger partial charge in [0.15, 0.2) is 0 Å². The van der Waals surface area contributed by atoms with Crippen LogP contribution in [0.1, 0.15) is 48.5 Å². The first-order valence-corrected chi connectivity index (χ1v) is 7.19. The maximum Gasteiger partial charge on any atom is 0.255 e. The lowest BCUT2D eigenvalue weighted by molar-refractivity contribution is 0.0695. The molecule has 1 amide bonds. The molecular weight excluding hydrogens is 254 g/mol. The summed E-state index contributed by atoms with van der Waals surface area (Å²) in [6.07, 6.45) is 3.70. The summed E-state index contributed by atoms with van der Waals surface area (Å²) in [6, 6.07) is 5.12. The minimum Gasteiger partial charge on any atom is -0.507 e. The number of phenols is 1. The maximum atomic E-state index is 12.4. The largest absolute Gasteiger partial charge is 0.507 e. The van der Waals surface area contributed by atoms with Crippen LogP contribution in [0.2, 0.25) is 0 Å². The van der Waals surface area contributed by atoms with Crippen LogP contribution in [0.4, 0.5) is 0 Å². The van der Waals surface area contributed by atoms with E-state index in [1.807, 2.05) is 0 Å². The highest BCUT2D eigenvalue weighted by Gasteiger charge is 2.36. The summed E-state index contributed by atoms with van der Waals surface area (Å²) in [4.78, 5) is 12.4. The molecule has 0 saturated heterocycles. The van der Waals surface area contributed by atoms with Gasteiger partial charge in [0.1, 0.15) is 5.75 Å². The van der Waals surface area contributed by atoms with Gasteiger partial charge in [-0.25, -0.2) is 0 Å². The molecule has 4 heteroatoms. The molecule has 0 bridgehead atoms. The van der Waals surface area contributed by atoms with E-state index in [0.717, 1.165) is 25.7 Å². The highest BCUT2D eigenvalue weighted by molar-refractivity contribution is 5.97. The molecule has 1 aliphatic rings. The molecule has 110 valence electrons. The normalized spacial score (nSPS) is 26.2. The van der Waals surface area contributed by atoms with Gasteiger partial charge in [0.2, 0.25) is 0 Å². The minimum absolute atomic E-state index is 0.0157. The van der Waals surface area contributed by atoms with Gasteiger partial charge < -0.3 is 15.5 Å². The van der Waals surface area contributed by atoms with Gasteiger partial charge in [-0.2, -0.15) is 0 Å². The average molecular weight is 277 g/mol. The zero-order chi connectivity index (χ0) is 14.8. The molecule has 0 aromatic heterocycles. The van der Waals surface area contributed by atoms with E-state index < -0.39 is 5.54 Å². The molecule has 2 unspecified atom stereocenters. The van der Waals surface area contributed by atoms with E-state index in [2.05, 4.69) is 12.2 Å². The second-order valence-corrected chi connectivity index (χ2v) is 6.07. The van der Waals surface area contributed by atoms with Crippen LogP contribution in [0.25, 0.3) is 0 Å². The molecule has 1 fully saturated rings. The molecule has 1 aromatic rings. The van der Waals surface area contributed by atoms with Crippen molar-refractivity contribution in [2.45, 2.75) is 45.1 Å². The van der Waals surface area contributed by atoms with E-state index in [0.29, 0.717) is 11.5 Å². The summed E-state index contributed by atoms with van der Waals surface area (Å²) in [6.45, 7) is 3.84. The van der Waals surface area contributed by atoms with Crippen molar-refractivity contribution >= 4 is 5.91 Å². The van der Waals surface area contributed by atoms with Gasteiger partial charge in [0.05, 0.1) is 17.7 Å². The Morgan fingerprint density at radius 1 is 1.50 bits per heavy atom. The van der Waals surface area contributed by atoms with E-state index >= 15 is 0 Å². The first-order chi connectivity index (χ1) is 9.47. The number of hydrogen-bond acceptors (Lipinski definition) is 3. The number of carbonyl (C=O) groups is 1. The van der Waals surface area contributed by atoms with E-state index in [1.165, 1.54) is 0 Å². The van der Waals surface area contributed by atoms with Gasteiger partial charge >= 0.3 is 0 Å². The van der Waals surface area contributed by atoms with Gasteiger partial charge in [0.25, 0.3) is 5.91 Å². The average Bonchev–Trinajstić information content (AvgIpc) is 2.41. The minimum atomic E-state index is -0.551. The number of nitrogens with one attached hydrogen (secondary N) is 1. The van der Waals surface area contributed by atoms with Crippen molar-refractivity contribution in [2.75, 3.05) is 6.61 Å². The first kappa shape index (κ1) is 14.9. The summed E-state index contributed by atoms with van der Waals surface area (Å²) >= 11 is 0. The van der Waals surface area contributed by atoms with Crippen LogP contribution in [0.5, 0.6) is 5.75 Å². The maximum absolute atomic E-state index is 12.4. The number of phenolic OH excluding ortho intramolecular Hbond substituents is 1. The third-order valence-electron chi connectivity index (χ3n) is 4.26. The number of aromatic hydroxyl groups is 1. The molecule has 1 aromatic carbocycles. The molecule has 0 spiro atoms. The van der Waals surface area contributed by atoms with Crippen LogP contribution in [-0.4, -0.2) is 28.3 Å². The Morgan fingerprint density at radius 3 is 2.90 bits per heavy atom. The van der Waals surface area contributed by atoms with Crippen LogP contribution < -0.4 is 5.32 Å². The van der Waals surface area contributed by atoms with Gasteiger partial charge in [-0.05, 0) is 37.3 Å². The van der Waals surface area contributed by atoms with Crippen LogP contribution in [0.15, 0.2) is 18.2 Å². The van der Waals surface area contributed by atoms with Gasteiger partial charge in [-0.1, -0.05) is 31.9 Å². The Bertz CT molecular complexity index is 500. The number of aryl methyl sites for hydroxylation is 1. The number of benzene rings is 1. The van der Waals surface area contributed by atoms with Gasteiger partial charge in [-0.15, -0.1) is 0 Å². The molecule has 2 rings (SSSR count). The Balaban J connectivity index is 2.19. The van der Waals surface area contributed by atoms with Crippen molar-refractivity contribution in [2.24, 2.45) is 5.92 Å². The zero-order valence-electron chi connectivity index (χ0n) is 12.1. The van der Waals surface area contributed by atoms with E-state index in [-0.39, 0.29) is 23.8 Å². The highest BCUT2D eigenvalue weighted by atomic mass is 16.3. The third-order valence-corrected chi connectivity index (χ3v) is 4.26. The van der Waals surface area contributed by atoms with Crippen LogP contribution in [-0.2, 0) is 0 Å². The highest BCUT2D eigenvalue weighted by Crippen LogP contribution is 2.32. The quantitative estimate of drug-likeness (QED) is 0.794. The number of rotatable bonds is 3. The van der Waals surface area contributed by atoms with Gasteiger partial charge in [0, 0.05) is 0 Å². The lowest BCUT2D eigenvalue weighted by Crippen LogP contribution is -2.53. The third kappa shape index (κ3) is 2.96. The van der Waals surface area contributed by atoms with Crippen molar-refractivity contribution in [3.8, 4) is 5.75 Å². The lowest BCUT2D eigenvalue weighted by atomic mass is 9.76. The molecule has 0 aliphatic heterocycles. The van der Waals surface area contributed by atoms with Crippen molar-refractivity contribution in [1.82, 2.24) is 5.32 Å². The predicted octanol–water partition coefficient (Wildman–Crippen LogP) is 2.37. The Morgan fingerprint density at radius 2 is 2.25 bits per heavy atom. The lowest BCUT2D eigenvalue weighted by Gasteiger charge is -2.39. The Hall–Kier alpha value is -1.55. The molecule has 20 heavy (non-hydrogen) atoms. The number of amides is 1. The van der Waals surface area contributed by atoms with Crippen LogP contribution >= 0.6 is 0 Å². The molecule has 4 nitrogen and oxygen atoms in total. The number of para-hydroxylation sites is 1. The van der Waals surface area contributed by atoms with Crippen LogP contribution in [0, 0.1) is 12.8 Å². The second kappa shape index (κ2) is 5.83. The van der Waals surface area contributed by atoms with E-state index in [9.17, 15) is 15.0 Å². The number of aliphatic hydroxyl groups is 1. The van der Waals surface area contributed by atoms with Gasteiger partial charge in [-0.3, -0.25) is 4.79 Å². The molecule has 0 heterocycles. The first-order valence-electron chi connectivity index (χ1n) is 7.19. The number of carbonyl (C=O) groups excluding carboxylic acids is 1. The van der Waals surface area contributed by atoms with Crippen LogP contribution in [0.3, 0.4) is 0 Å². The summed E-state index contributed by atoms with van der Waals surface area (Å²) in [5.74, 6) is 0.193. The summed E-state index contributed by atoms with van der Waals surface area (Å²) in [7, 11) is 0. The Labute approximate surface area is 119 Å². The number of aliphatic hydroxyl groups excluding tert-OH is 1. The molecule has 3 N–H and O–H groups in total. The standard InChI is InChI=1S/C16H23NO3/c1-11-5-4-8-16(9-11,10-18)17-15(20)13-7-3-6-12(2)14(13)19/h3,6-7,11,18-19H,4-5,8-10H2,1-2H3,(H,17,20). The Kier molecular flexibility index (Phi) is 4.33. The molecule has 1 aliphatic carbocycles. The molecule has 0 radical (unpaired) electrons. The summed E-state index contributed by atoms with van der Waals surface area (Å²) < 4.78 is 0. The summed E-state index contributed by atoms with van der Waals surface area (Å²) in [5, 5.41) is 22.6. The molecular formula is C16H23NO3. The number of hydrogen-bond donors (Lipinski definition) is 3. The monoisotopic (exact) mass is 277 g/mol. The van der Waals surface area contributed by atoms with Crippen molar-refractivity contribution < 1.29 is 15.0 Å². The van der Waals surface area contributed by atoms with E-state index in [1.54, 1.807) is 25.1 Å². The fourth-order valence-electron chi connectivity index (χ4n) is 3.11.